The second-order valence-electron chi connectivity index (χ2n) is 4.77. The van der Waals surface area contributed by atoms with Gasteiger partial charge >= 0.3 is 0 Å². The molecule has 1 amide bonds. The molecule has 5 heteroatoms. The molecule has 1 aliphatic heterocycles. The third-order valence-electron chi connectivity index (χ3n) is 3.12. The van der Waals surface area contributed by atoms with Crippen molar-refractivity contribution in [2.75, 3.05) is 33.7 Å². The summed E-state index contributed by atoms with van der Waals surface area (Å²) in [5.74, 6) is 0.223. The zero-order chi connectivity index (χ0) is 12.3. The minimum Gasteiger partial charge on any atom is -0.341 e. The van der Waals surface area contributed by atoms with Crippen LogP contribution in [0.4, 0.5) is 0 Å². The quantitative estimate of drug-likeness (QED) is 0.762. The zero-order valence-electron chi connectivity index (χ0n) is 10.5. The molecule has 0 bridgehead atoms. The Morgan fingerprint density at radius 3 is 2.71 bits per heavy atom. The average molecular weight is 235 g/mol. The molecule has 17 heavy (non-hydrogen) atoms. The van der Waals surface area contributed by atoms with Gasteiger partial charge in [0.25, 0.3) is 0 Å². The molecule has 0 aromatic carbocycles. The highest BCUT2D eigenvalue weighted by molar-refractivity contribution is 5.78. The number of rotatable bonds is 3. The fourth-order valence-corrected chi connectivity index (χ4v) is 2.19. The van der Waals surface area contributed by atoms with Crippen LogP contribution in [-0.2, 0) is 4.79 Å². The summed E-state index contributed by atoms with van der Waals surface area (Å²) in [5, 5.41) is 4.21. The number of amides is 1. The summed E-state index contributed by atoms with van der Waals surface area (Å²) in [4.78, 5) is 15.7. The summed E-state index contributed by atoms with van der Waals surface area (Å²) in [6.45, 7) is 2.16. The number of carbonyl (C=O) groups excluding carboxylic acids is 1. The lowest BCUT2D eigenvalue weighted by molar-refractivity contribution is -0.133. The molecule has 2 rings (SSSR count). The van der Waals surface area contributed by atoms with Crippen LogP contribution in [0.15, 0.2) is 12.4 Å². The van der Waals surface area contributed by atoms with Gasteiger partial charge in [0.05, 0.1) is 18.8 Å². The minimum atomic E-state index is 0.223. The van der Waals surface area contributed by atoms with Crippen molar-refractivity contribution >= 4 is 5.91 Å². The number of hydrogen-bond donors (Lipinski definition) is 0. The van der Waals surface area contributed by atoms with E-state index in [0.29, 0.717) is 12.6 Å². The zero-order valence-corrected chi connectivity index (χ0v) is 10.5. The van der Waals surface area contributed by atoms with E-state index in [4.69, 9.17) is 0 Å². The van der Waals surface area contributed by atoms with Gasteiger partial charge in [0.1, 0.15) is 0 Å². The standard InChI is InChI=1S/C12H19N4O/c1-14(2)10-12(17)15-8-4-11(5-9-15)16-7-3-6-13-16/h6-7,11H,4-5,8-10H2,1-2H3. The summed E-state index contributed by atoms with van der Waals surface area (Å²) < 4.78 is 1.95. The first kappa shape index (κ1) is 12.1. The van der Waals surface area contributed by atoms with Gasteiger partial charge in [-0.3, -0.25) is 9.48 Å². The van der Waals surface area contributed by atoms with Gasteiger partial charge in [-0.25, -0.2) is 0 Å². The van der Waals surface area contributed by atoms with Crippen molar-refractivity contribution in [2.45, 2.75) is 18.9 Å². The molecule has 0 aliphatic carbocycles. The fraction of sp³-hybridized carbons (Fsp3) is 0.667. The number of hydrogen-bond acceptors (Lipinski definition) is 3. The molecular weight excluding hydrogens is 216 g/mol. The molecule has 1 aliphatic rings. The number of likely N-dealkylation sites (N-methyl/N-ethyl adjacent to an activating group) is 1. The summed E-state index contributed by atoms with van der Waals surface area (Å²) in [6, 6.07) is 3.37. The number of likely N-dealkylation sites (tertiary alicyclic amines) is 1. The summed E-state index contributed by atoms with van der Waals surface area (Å²) in [7, 11) is 3.84. The Kier molecular flexibility index (Phi) is 3.78. The molecule has 93 valence electrons. The van der Waals surface area contributed by atoms with Crippen molar-refractivity contribution in [3.63, 3.8) is 0 Å². The maximum atomic E-state index is 11.9. The smallest absolute Gasteiger partial charge is 0.236 e. The van der Waals surface area contributed by atoms with E-state index in [9.17, 15) is 4.79 Å². The predicted molar refractivity (Wildman–Crippen MR) is 64.5 cm³/mol. The molecule has 0 N–H and O–H groups in total. The number of carbonyl (C=O) groups is 1. The lowest BCUT2D eigenvalue weighted by atomic mass is 10.1. The van der Waals surface area contributed by atoms with E-state index in [1.165, 1.54) is 0 Å². The first-order chi connectivity index (χ1) is 8.16. The molecule has 0 atom stereocenters. The van der Waals surface area contributed by atoms with Crippen molar-refractivity contribution in [1.29, 1.82) is 0 Å². The third-order valence-corrected chi connectivity index (χ3v) is 3.12. The Morgan fingerprint density at radius 2 is 2.18 bits per heavy atom. The van der Waals surface area contributed by atoms with Gasteiger partial charge in [-0.15, -0.1) is 0 Å². The van der Waals surface area contributed by atoms with Gasteiger partial charge in [-0.2, -0.15) is 5.10 Å². The summed E-state index contributed by atoms with van der Waals surface area (Å²) in [6.07, 6.45) is 5.52. The second-order valence-corrected chi connectivity index (χ2v) is 4.77. The van der Waals surface area contributed by atoms with Crippen LogP contribution in [0.25, 0.3) is 0 Å². The molecule has 5 nitrogen and oxygen atoms in total. The van der Waals surface area contributed by atoms with Crippen LogP contribution in [-0.4, -0.2) is 59.2 Å². The van der Waals surface area contributed by atoms with Crippen molar-refractivity contribution in [1.82, 2.24) is 19.6 Å². The monoisotopic (exact) mass is 235 g/mol. The first-order valence-corrected chi connectivity index (χ1v) is 5.99. The predicted octanol–water partition coefficient (Wildman–Crippen LogP) is 0.408. The Balaban J connectivity index is 1.84. The summed E-state index contributed by atoms with van der Waals surface area (Å²) in [5.41, 5.74) is 0. The Bertz CT molecular complexity index is 353. The second kappa shape index (κ2) is 5.31. The van der Waals surface area contributed by atoms with Gasteiger partial charge in [-0.1, -0.05) is 0 Å². The lowest BCUT2D eigenvalue weighted by Gasteiger charge is -2.32. The minimum absolute atomic E-state index is 0.223. The number of piperidine rings is 1. The van der Waals surface area contributed by atoms with E-state index in [2.05, 4.69) is 11.2 Å². The van der Waals surface area contributed by atoms with Crippen LogP contribution in [0.5, 0.6) is 0 Å². The average Bonchev–Trinajstić information content (AvgIpc) is 2.82. The van der Waals surface area contributed by atoms with E-state index in [-0.39, 0.29) is 5.91 Å². The SMILES string of the molecule is CN(C)CC(=O)N1CCC(n2c[c]cn2)CC1. The van der Waals surface area contributed by atoms with Crippen LogP contribution in [0.3, 0.4) is 0 Å². The molecule has 1 aromatic heterocycles. The largest absolute Gasteiger partial charge is 0.341 e. The fourth-order valence-electron chi connectivity index (χ4n) is 2.19. The number of aromatic nitrogens is 2. The van der Waals surface area contributed by atoms with Crippen molar-refractivity contribution in [3.8, 4) is 0 Å². The maximum absolute atomic E-state index is 11.9. The maximum Gasteiger partial charge on any atom is 0.236 e. The molecule has 0 saturated carbocycles. The normalized spacial score (nSPS) is 17.7. The molecule has 1 radical (unpaired) electrons. The highest BCUT2D eigenvalue weighted by Gasteiger charge is 2.23. The van der Waals surface area contributed by atoms with Gasteiger partial charge < -0.3 is 9.80 Å². The van der Waals surface area contributed by atoms with Crippen LogP contribution < -0.4 is 0 Å². The molecule has 0 unspecified atom stereocenters. The van der Waals surface area contributed by atoms with Crippen molar-refractivity contribution < 1.29 is 4.79 Å². The van der Waals surface area contributed by atoms with E-state index in [1.807, 2.05) is 34.8 Å². The van der Waals surface area contributed by atoms with Gasteiger partial charge in [-0.05, 0) is 26.9 Å². The van der Waals surface area contributed by atoms with Crippen LogP contribution >= 0.6 is 0 Å². The van der Waals surface area contributed by atoms with E-state index < -0.39 is 0 Å². The topological polar surface area (TPSA) is 41.4 Å². The third kappa shape index (κ3) is 3.06. The van der Waals surface area contributed by atoms with Crippen LogP contribution in [0, 0.1) is 6.07 Å². The van der Waals surface area contributed by atoms with E-state index >= 15 is 0 Å². The highest BCUT2D eigenvalue weighted by atomic mass is 16.2. The number of nitrogens with zero attached hydrogens (tertiary/aromatic N) is 4. The van der Waals surface area contributed by atoms with Gasteiger partial charge in [0, 0.05) is 25.4 Å². The molecular formula is C12H19N4O. The Hall–Kier alpha value is -1.36. The lowest BCUT2D eigenvalue weighted by Crippen LogP contribution is -2.43. The van der Waals surface area contributed by atoms with Gasteiger partial charge in [0.15, 0.2) is 0 Å². The molecule has 1 fully saturated rings. The van der Waals surface area contributed by atoms with Crippen molar-refractivity contribution in [3.05, 3.63) is 18.5 Å². The molecule has 1 aromatic rings. The van der Waals surface area contributed by atoms with Crippen LogP contribution in [0.1, 0.15) is 18.9 Å². The first-order valence-electron chi connectivity index (χ1n) is 5.99. The highest BCUT2D eigenvalue weighted by Crippen LogP contribution is 2.21. The van der Waals surface area contributed by atoms with Gasteiger partial charge in [0.2, 0.25) is 5.91 Å². The Morgan fingerprint density at radius 1 is 1.47 bits per heavy atom. The van der Waals surface area contributed by atoms with Crippen LogP contribution in [0.2, 0.25) is 0 Å². The molecule has 1 saturated heterocycles. The molecule has 0 spiro atoms. The molecule has 2 heterocycles. The van der Waals surface area contributed by atoms with E-state index in [1.54, 1.807) is 6.20 Å². The van der Waals surface area contributed by atoms with E-state index in [0.717, 1.165) is 25.9 Å². The van der Waals surface area contributed by atoms with Crippen molar-refractivity contribution in [2.24, 2.45) is 0 Å². The Labute approximate surface area is 102 Å². The summed E-state index contributed by atoms with van der Waals surface area (Å²) >= 11 is 0.